The molecule has 0 aliphatic rings. The van der Waals surface area contributed by atoms with E-state index in [0.29, 0.717) is 29.0 Å². The number of hydrogen-bond acceptors (Lipinski definition) is 4. The van der Waals surface area contributed by atoms with Gasteiger partial charge in [-0.1, -0.05) is 68.4 Å². The molecule has 0 atom stereocenters. The van der Waals surface area contributed by atoms with Crippen LogP contribution in [0.2, 0.25) is 0 Å². The minimum Gasteiger partial charge on any atom is -0.273 e. The van der Waals surface area contributed by atoms with Gasteiger partial charge < -0.3 is 0 Å². The number of carbonyl (C=O) groups excluding carboxylic acids is 1. The van der Waals surface area contributed by atoms with Crippen molar-refractivity contribution in [2.45, 2.75) is 39.5 Å². The zero-order valence-electron chi connectivity index (χ0n) is 17.9. The summed E-state index contributed by atoms with van der Waals surface area (Å²) in [6.07, 6.45) is 2.30. The molecular weight excluding hydrogens is 406 g/mol. The Balaban J connectivity index is 1.54. The summed E-state index contributed by atoms with van der Waals surface area (Å²) in [5, 5.41) is 0.542. The van der Waals surface area contributed by atoms with Gasteiger partial charge in [0.1, 0.15) is 11.2 Å². The molecule has 2 aromatic heterocycles. The second-order valence-electron chi connectivity index (χ2n) is 7.93. The highest BCUT2D eigenvalue weighted by molar-refractivity contribution is 7.19. The molecule has 4 aromatic rings. The first kappa shape index (κ1) is 21.0. The lowest BCUT2D eigenvalue weighted by molar-refractivity contribution is -0.117. The van der Waals surface area contributed by atoms with E-state index in [1.807, 2.05) is 37.3 Å². The average Bonchev–Trinajstić information content (AvgIpc) is 3.12. The van der Waals surface area contributed by atoms with E-state index in [1.54, 1.807) is 0 Å². The van der Waals surface area contributed by atoms with Crippen molar-refractivity contribution in [2.24, 2.45) is 0 Å². The van der Waals surface area contributed by atoms with Crippen LogP contribution in [0.25, 0.3) is 21.3 Å². The summed E-state index contributed by atoms with van der Waals surface area (Å²) in [4.78, 5) is 31.8. The minimum atomic E-state index is -0.261. The first-order chi connectivity index (χ1) is 14.9. The summed E-state index contributed by atoms with van der Waals surface area (Å²) in [7, 11) is 0. The van der Waals surface area contributed by atoms with Crippen LogP contribution in [-0.2, 0) is 11.2 Å². The van der Waals surface area contributed by atoms with E-state index in [0.717, 1.165) is 21.6 Å². The van der Waals surface area contributed by atoms with Gasteiger partial charge in [0.25, 0.3) is 5.56 Å². The van der Waals surface area contributed by atoms with Crippen LogP contribution in [-0.4, -0.2) is 15.6 Å². The first-order valence-corrected chi connectivity index (χ1v) is 11.2. The SMILES string of the molecule is Cc1sc2ncn(NC(=O)CCc3ccc(C(C)C)cc3)c(=O)c2c1-c1ccccc1. The predicted molar refractivity (Wildman–Crippen MR) is 127 cm³/mol. The van der Waals surface area contributed by atoms with Gasteiger partial charge in [0.15, 0.2) is 0 Å². The Labute approximate surface area is 185 Å². The Kier molecular flexibility index (Phi) is 6.00. The van der Waals surface area contributed by atoms with Crippen molar-refractivity contribution in [1.82, 2.24) is 9.66 Å². The number of aromatic nitrogens is 2. The fourth-order valence-corrected chi connectivity index (χ4v) is 4.66. The number of nitrogens with zero attached hydrogens (tertiary/aromatic N) is 2. The van der Waals surface area contributed by atoms with Crippen molar-refractivity contribution in [3.63, 3.8) is 0 Å². The number of benzene rings is 2. The number of thiophene rings is 1. The summed E-state index contributed by atoms with van der Waals surface area (Å²) in [6, 6.07) is 18.1. The maximum absolute atomic E-state index is 13.2. The lowest BCUT2D eigenvalue weighted by Crippen LogP contribution is -2.33. The first-order valence-electron chi connectivity index (χ1n) is 10.4. The van der Waals surface area contributed by atoms with Gasteiger partial charge in [-0.05, 0) is 36.0 Å². The van der Waals surface area contributed by atoms with Crippen LogP contribution in [0.1, 0.15) is 42.2 Å². The van der Waals surface area contributed by atoms with Crippen LogP contribution < -0.4 is 11.0 Å². The topological polar surface area (TPSA) is 64.0 Å². The van der Waals surface area contributed by atoms with E-state index in [-0.39, 0.29) is 11.5 Å². The molecule has 31 heavy (non-hydrogen) atoms. The van der Waals surface area contributed by atoms with Crippen LogP contribution >= 0.6 is 11.3 Å². The zero-order valence-corrected chi connectivity index (χ0v) is 18.7. The molecule has 2 aromatic carbocycles. The van der Waals surface area contributed by atoms with E-state index in [9.17, 15) is 9.59 Å². The second-order valence-corrected chi connectivity index (χ2v) is 9.13. The maximum Gasteiger partial charge on any atom is 0.281 e. The third-order valence-corrected chi connectivity index (χ3v) is 6.40. The summed E-state index contributed by atoms with van der Waals surface area (Å²) >= 11 is 1.49. The van der Waals surface area contributed by atoms with Crippen LogP contribution in [0.5, 0.6) is 0 Å². The molecule has 0 aliphatic heterocycles. The number of carbonyl (C=O) groups is 1. The maximum atomic E-state index is 13.2. The summed E-state index contributed by atoms with van der Waals surface area (Å²) < 4.78 is 1.20. The molecule has 0 saturated heterocycles. The molecule has 0 aliphatic carbocycles. The molecule has 5 nitrogen and oxygen atoms in total. The summed E-state index contributed by atoms with van der Waals surface area (Å²) in [5.41, 5.74) is 6.66. The quantitative estimate of drug-likeness (QED) is 0.453. The summed E-state index contributed by atoms with van der Waals surface area (Å²) in [5.74, 6) is 0.262. The Morgan fingerprint density at radius 3 is 2.48 bits per heavy atom. The minimum absolute atomic E-state index is 0.218. The van der Waals surface area contributed by atoms with Gasteiger partial charge in [0.05, 0.1) is 5.39 Å². The van der Waals surface area contributed by atoms with E-state index in [1.165, 1.54) is 27.9 Å². The molecule has 0 bridgehead atoms. The van der Waals surface area contributed by atoms with E-state index < -0.39 is 0 Å². The predicted octanol–water partition coefficient (Wildman–Crippen LogP) is 5.26. The highest BCUT2D eigenvalue weighted by atomic mass is 32.1. The normalized spacial score (nSPS) is 11.2. The highest BCUT2D eigenvalue weighted by Gasteiger charge is 2.17. The molecule has 0 unspecified atom stereocenters. The number of fused-ring (bicyclic) bond motifs is 1. The van der Waals surface area contributed by atoms with Gasteiger partial charge in [-0.15, -0.1) is 11.3 Å². The van der Waals surface area contributed by atoms with E-state index in [2.05, 4.69) is 48.5 Å². The molecule has 4 rings (SSSR count). The van der Waals surface area contributed by atoms with Gasteiger partial charge in [-0.25, -0.2) is 9.66 Å². The number of nitrogens with one attached hydrogen (secondary N) is 1. The molecule has 1 amide bonds. The van der Waals surface area contributed by atoms with Crippen molar-refractivity contribution in [3.05, 3.63) is 87.3 Å². The fourth-order valence-electron chi connectivity index (χ4n) is 3.65. The van der Waals surface area contributed by atoms with Gasteiger partial charge in [-0.2, -0.15) is 0 Å². The van der Waals surface area contributed by atoms with Gasteiger partial charge >= 0.3 is 0 Å². The van der Waals surface area contributed by atoms with Crippen molar-refractivity contribution >= 4 is 27.5 Å². The van der Waals surface area contributed by atoms with Crippen molar-refractivity contribution in [2.75, 3.05) is 5.43 Å². The largest absolute Gasteiger partial charge is 0.281 e. The standard InChI is InChI=1S/C25H25N3O2S/c1-16(2)19-12-9-18(10-13-19)11-14-21(29)27-28-15-26-24-23(25(28)30)22(17(3)31-24)20-7-5-4-6-8-20/h4-10,12-13,15-16H,11,14H2,1-3H3,(H,27,29). The highest BCUT2D eigenvalue weighted by Crippen LogP contribution is 2.35. The molecule has 6 heteroatoms. The lowest BCUT2D eigenvalue weighted by Gasteiger charge is -2.09. The Hall–Kier alpha value is -3.25. The van der Waals surface area contributed by atoms with Crippen LogP contribution in [0.4, 0.5) is 0 Å². The molecule has 158 valence electrons. The third kappa shape index (κ3) is 4.44. The number of aryl methyl sites for hydroxylation is 2. The molecule has 0 spiro atoms. The Bertz CT molecular complexity index is 1270. The molecule has 0 radical (unpaired) electrons. The summed E-state index contributed by atoms with van der Waals surface area (Å²) in [6.45, 7) is 6.30. The Morgan fingerprint density at radius 2 is 1.81 bits per heavy atom. The van der Waals surface area contributed by atoms with E-state index >= 15 is 0 Å². The van der Waals surface area contributed by atoms with Crippen LogP contribution in [0.3, 0.4) is 0 Å². The van der Waals surface area contributed by atoms with E-state index in [4.69, 9.17) is 0 Å². The number of hydrogen-bond donors (Lipinski definition) is 1. The monoisotopic (exact) mass is 431 g/mol. The lowest BCUT2D eigenvalue weighted by atomic mass is 10.0. The molecular formula is C25H25N3O2S. The van der Waals surface area contributed by atoms with Crippen LogP contribution in [0.15, 0.2) is 65.7 Å². The third-order valence-electron chi connectivity index (χ3n) is 5.38. The van der Waals surface area contributed by atoms with Gasteiger partial charge in [0, 0.05) is 16.9 Å². The van der Waals surface area contributed by atoms with Crippen molar-refractivity contribution in [1.29, 1.82) is 0 Å². The van der Waals surface area contributed by atoms with Gasteiger partial charge in [-0.3, -0.25) is 15.0 Å². The molecule has 2 heterocycles. The number of amides is 1. The fraction of sp³-hybridized carbons (Fsp3) is 0.240. The Morgan fingerprint density at radius 1 is 1.10 bits per heavy atom. The second kappa shape index (κ2) is 8.86. The average molecular weight is 432 g/mol. The van der Waals surface area contributed by atoms with Crippen LogP contribution in [0, 0.1) is 6.92 Å². The molecule has 0 fully saturated rings. The molecule has 1 N–H and O–H groups in total. The molecule has 0 saturated carbocycles. The van der Waals surface area contributed by atoms with Crippen molar-refractivity contribution < 1.29 is 4.79 Å². The zero-order chi connectivity index (χ0) is 22.0. The van der Waals surface area contributed by atoms with Gasteiger partial charge in [0.2, 0.25) is 5.91 Å². The smallest absolute Gasteiger partial charge is 0.273 e. The number of rotatable bonds is 6. The van der Waals surface area contributed by atoms with Crippen molar-refractivity contribution in [3.8, 4) is 11.1 Å².